The van der Waals surface area contributed by atoms with Gasteiger partial charge in [0.05, 0.1) is 6.34 Å². The number of benzene rings is 1. The molecule has 1 aromatic rings. The summed E-state index contributed by atoms with van der Waals surface area (Å²) in [5.74, 6) is 0.142. The summed E-state index contributed by atoms with van der Waals surface area (Å²) >= 11 is 0. The first-order chi connectivity index (χ1) is 6.65. The molecule has 0 saturated carbocycles. The largest absolute Gasteiger partial charge is 0.390 e. The molecule has 1 aliphatic rings. The summed E-state index contributed by atoms with van der Waals surface area (Å²) in [6, 6.07) is 6.50. The minimum absolute atomic E-state index is 0.142. The molecule has 0 aromatic heterocycles. The van der Waals surface area contributed by atoms with Crippen molar-refractivity contribution in [1.82, 2.24) is 0 Å². The molecule has 5 nitrogen and oxygen atoms in total. The van der Waals surface area contributed by atoms with E-state index in [2.05, 4.69) is 9.39 Å². The van der Waals surface area contributed by atoms with Gasteiger partial charge in [-0.25, -0.2) is 4.99 Å². The predicted molar refractivity (Wildman–Crippen MR) is 52.8 cm³/mol. The van der Waals surface area contributed by atoms with Crippen molar-refractivity contribution in [3.63, 3.8) is 0 Å². The van der Waals surface area contributed by atoms with E-state index in [0.717, 1.165) is 6.34 Å². The monoisotopic (exact) mass is 209 g/mol. The van der Waals surface area contributed by atoms with Gasteiger partial charge in [0.25, 0.3) is 10.0 Å². The minimum atomic E-state index is -3.56. The maximum Gasteiger partial charge on any atom is 0.285 e. The summed E-state index contributed by atoms with van der Waals surface area (Å²) in [5, 5.41) is 0. The van der Waals surface area contributed by atoms with Crippen molar-refractivity contribution in [2.24, 2.45) is 15.1 Å². The Labute approximate surface area is 81.0 Å². The summed E-state index contributed by atoms with van der Waals surface area (Å²) in [5.41, 5.74) is 5.58. The van der Waals surface area contributed by atoms with E-state index < -0.39 is 10.0 Å². The highest BCUT2D eigenvalue weighted by Crippen LogP contribution is 2.25. The van der Waals surface area contributed by atoms with E-state index in [4.69, 9.17) is 5.73 Å². The molecule has 0 amide bonds. The number of hydrogen-bond acceptors (Lipinski definition) is 3. The molecule has 0 bridgehead atoms. The standard InChI is InChI=1S/C8H7N3O2S/c9-5-10-8-6-3-1-2-4-7(6)14(12,13)11-8/h1-5H,(H2,9,10,11). The molecule has 0 saturated heterocycles. The summed E-state index contributed by atoms with van der Waals surface area (Å²) < 4.78 is 26.4. The molecule has 6 heteroatoms. The van der Waals surface area contributed by atoms with Gasteiger partial charge in [-0.05, 0) is 12.1 Å². The molecule has 72 valence electrons. The average molecular weight is 209 g/mol. The number of rotatable bonds is 0. The van der Waals surface area contributed by atoms with Gasteiger partial charge in [0, 0.05) is 5.56 Å². The zero-order valence-corrected chi connectivity index (χ0v) is 7.90. The summed E-state index contributed by atoms with van der Waals surface area (Å²) in [7, 11) is -3.56. The maximum absolute atomic E-state index is 11.4. The molecule has 2 rings (SSSR count). The van der Waals surface area contributed by atoms with Gasteiger partial charge >= 0.3 is 0 Å². The molecule has 0 aliphatic carbocycles. The number of amidine groups is 1. The molecule has 1 aromatic carbocycles. The molecule has 0 radical (unpaired) electrons. The van der Waals surface area contributed by atoms with Crippen LogP contribution in [0.25, 0.3) is 0 Å². The normalized spacial score (nSPS) is 18.1. The second-order valence-electron chi connectivity index (χ2n) is 2.66. The SMILES string of the molecule is NC=NC1=NS(=O)(=O)c2ccccc21. The maximum atomic E-state index is 11.4. The van der Waals surface area contributed by atoms with Gasteiger partial charge in [-0.2, -0.15) is 8.42 Å². The fourth-order valence-corrected chi connectivity index (χ4v) is 2.41. The van der Waals surface area contributed by atoms with Crippen molar-refractivity contribution in [3.05, 3.63) is 29.8 Å². The summed E-state index contributed by atoms with van der Waals surface area (Å²) in [4.78, 5) is 3.87. The van der Waals surface area contributed by atoms with E-state index in [1.165, 1.54) is 6.07 Å². The second kappa shape index (κ2) is 2.91. The molecule has 0 fully saturated rings. The van der Waals surface area contributed by atoms with Crippen LogP contribution in [0, 0.1) is 0 Å². The predicted octanol–water partition coefficient (Wildman–Crippen LogP) is 0.123. The zero-order chi connectivity index (χ0) is 10.2. The van der Waals surface area contributed by atoms with Gasteiger partial charge in [0.15, 0.2) is 5.84 Å². The lowest BCUT2D eigenvalue weighted by Gasteiger charge is -1.94. The van der Waals surface area contributed by atoms with E-state index >= 15 is 0 Å². The van der Waals surface area contributed by atoms with E-state index in [1.54, 1.807) is 18.2 Å². The van der Waals surface area contributed by atoms with Crippen LogP contribution < -0.4 is 5.73 Å². The van der Waals surface area contributed by atoms with Crippen molar-refractivity contribution in [2.45, 2.75) is 4.90 Å². The van der Waals surface area contributed by atoms with Crippen LogP contribution in [-0.4, -0.2) is 20.6 Å². The molecule has 0 atom stereocenters. The number of nitrogens with zero attached hydrogens (tertiary/aromatic N) is 2. The highest BCUT2D eigenvalue weighted by atomic mass is 32.2. The van der Waals surface area contributed by atoms with Crippen molar-refractivity contribution in [3.8, 4) is 0 Å². The Morgan fingerprint density at radius 3 is 2.79 bits per heavy atom. The van der Waals surface area contributed by atoms with Crippen LogP contribution in [0.4, 0.5) is 0 Å². The Kier molecular flexibility index (Phi) is 1.85. The number of fused-ring (bicyclic) bond motifs is 1. The van der Waals surface area contributed by atoms with Crippen LogP contribution in [0.2, 0.25) is 0 Å². The van der Waals surface area contributed by atoms with Crippen molar-refractivity contribution >= 4 is 22.2 Å². The fourth-order valence-electron chi connectivity index (χ4n) is 1.25. The van der Waals surface area contributed by atoms with E-state index in [-0.39, 0.29) is 10.7 Å². The molecule has 1 heterocycles. The van der Waals surface area contributed by atoms with Crippen LogP contribution in [0.15, 0.2) is 38.6 Å². The van der Waals surface area contributed by atoms with Crippen molar-refractivity contribution in [2.75, 3.05) is 0 Å². The lowest BCUT2D eigenvalue weighted by molar-refractivity contribution is 0.599. The molecule has 0 unspecified atom stereocenters. The van der Waals surface area contributed by atoms with Crippen LogP contribution in [-0.2, 0) is 10.0 Å². The molecular formula is C8H7N3O2S. The van der Waals surface area contributed by atoms with Gasteiger partial charge in [-0.3, -0.25) is 0 Å². The third-order valence-electron chi connectivity index (χ3n) is 1.81. The Morgan fingerprint density at radius 1 is 1.36 bits per heavy atom. The fraction of sp³-hybridized carbons (Fsp3) is 0. The van der Waals surface area contributed by atoms with Crippen molar-refractivity contribution in [1.29, 1.82) is 0 Å². The third-order valence-corrected chi connectivity index (χ3v) is 3.13. The topological polar surface area (TPSA) is 84.9 Å². The average Bonchev–Trinajstić information content (AvgIpc) is 2.41. The van der Waals surface area contributed by atoms with Crippen LogP contribution >= 0.6 is 0 Å². The molecule has 0 spiro atoms. The minimum Gasteiger partial charge on any atom is -0.390 e. The van der Waals surface area contributed by atoms with Crippen LogP contribution in [0.5, 0.6) is 0 Å². The number of aliphatic imine (C=N–C) groups is 1. The number of sulfonamides is 1. The molecular weight excluding hydrogens is 202 g/mol. The number of nitrogens with two attached hydrogens (primary N) is 1. The van der Waals surface area contributed by atoms with Crippen LogP contribution in [0.3, 0.4) is 0 Å². The first-order valence-corrected chi connectivity index (χ1v) is 5.28. The van der Waals surface area contributed by atoms with Gasteiger partial charge in [0.2, 0.25) is 0 Å². The lowest BCUT2D eigenvalue weighted by atomic mass is 10.2. The highest BCUT2D eigenvalue weighted by Gasteiger charge is 2.27. The molecule has 14 heavy (non-hydrogen) atoms. The quantitative estimate of drug-likeness (QED) is 0.486. The smallest absolute Gasteiger partial charge is 0.285 e. The zero-order valence-electron chi connectivity index (χ0n) is 7.08. The van der Waals surface area contributed by atoms with Gasteiger partial charge < -0.3 is 5.73 Å². The van der Waals surface area contributed by atoms with Gasteiger partial charge in [0.1, 0.15) is 4.90 Å². The van der Waals surface area contributed by atoms with Crippen LogP contribution in [0.1, 0.15) is 5.56 Å². The first kappa shape index (κ1) is 8.89. The molecule has 1 aliphatic heterocycles. The highest BCUT2D eigenvalue weighted by molar-refractivity contribution is 7.90. The Balaban J connectivity index is 2.72. The lowest BCUT2D eigenvalue weighted by Crippen LogP contribution is -1.98. The first-order valence-electron chi connectivity index (χ1n) is 3.84. The Morgan fingerprint density at radius 2 is 2.07 bits per heavy atom. The van der Waals surface area contributed by atoms with Gasteiger partial charge in [-0.15, -0.1) is 4.40 Å². The number of hydrogen-bond donors (Lipinski definition) is 1. The summed E-state index contributed by atoms with van der Waals surface area (Å²) in [6.45, 7) is 0. The van der Waals surface area contributed by atoms with E-state index in [9.17, 15) is 8.42 Å². The molecule has 2 N–H and O–H groups in total. The van der Waals surface area contributed by atoms with E-state index in [0.29, 0.717) is 5.56 Å². The van der Waals surface area contributed by atoms with Crippen molar-refractivity contribution < 1.29 is 8.42 Å². The second-order valence-corrected chi connectivity index (χ2v) is 4.24. The van der Waals surface area contributed by atoms with E-state index in [1.807, 2.05) is 0 Å². The van der Waals surface area contributed by atoms with Gasteiger partial charge in [-0.1, -0.05) is 12.1 Å². The third kappa shape index (κ3) is 1.20. The summed E-state index contributed by atoms with van der Waals surface area (Å²) in [6.07, 6.45) is 1.02. The Bertz CT molecular complexity index is 531. The Hall–Kier alpha value is -1.69.